The van der Waals surface area contributed by atoms with Crippen LogP contribution in [0.25, 0.3) is 0 Å². The number of hydrogen-bond acceptors (Lipinski definition) is 3. The summed E-state index contributed by atoms with van der Waals surface area (Å²) in [6.45, 7) is 5.33. The summed E-state index contributed by atoms with van der Waals surface area (Å²) in [6, 6.07) is 18.7. The molecule has 5 heteroatoms. The maximum Gasteiger partial charge on any atom is 0.317 e. The van der Waals surface area contributed by atoms with Gasteiger partial charge in [0.15, 0.2) is 0 Å². The van der Waals surface area contributed by atoms with Gasteiger partial charge in [0.25, 0.3) is 0 Å². The SMILES string of the molecule is COc1ccc(CCC(C)NC(=O)N2CCN(c3ccccc3)CC2)cc1. The third kappa shape index (κ3) is 5.39. The van der Waals surface area contributed by atoms with E-state index in [1.165, 1.54) is 11.3 Å². The quantitative estimate of drug-likeness (QED) is 0.849. The van der Waals surface area contributed by atoms with Crippen LogP contribution in [0.4, 0.5) is 10.5 Å². The molecule has 144 valence electrons. The van der Waals surface area contributed by atoms with Gasteiger partial charge in [-0.05, 0) is 49.6 Å². The Kier molecular flexibility index (Phi) is 6.58. The maximum atomic E-state index is 12.5. The van der Waals surface area contributed by atoms with E-state index in [1.54, 1.807) is 7.11 Å². The van der Waals surface area contributed by atoms with Crippen LogP contribution in [0.2, 0.25) is 0 Å². The second kappa shape index (κ2) is 9.31. The summed E-state index contributed by atoms with van der Waals surface area (Å²) >= 11 is 0. The van der Waals surface area contributed by atoms with Crippen molar-refractivity contribution in [1.82, 2.24) is 10.2 Å². The van der Waals surface area contributed by atoms with Gasteiger partial charge in [-0.25, -0.2) is 4.79 Å². The van der Waals surface area contributed by atoms with Crippen LogP contribution in [0.1, 0.15) is 18.9 Å². The number of methoxy groups -OCH3 is 1. The number of ether oxygens (including phenoxy) is 1. The van der Waals surface area contributed by atoms with Crippen LogP contribution in [-0.2, 0) is 6.42 Å². The Morgan fingerprint density at radius 1 is 1.04 bits per heavy atom. The third-order valence-electron chi connectivity index (χ3n) is 5.08. The second-order valence-electron chi connectivity index (χ2n) is 7.05. The molecule has 0 bridgehead atoms. The van der Waals surface area contributed by atoms with Gasteiger partial charge in [0.2, 0.25) is 0 Å². The van der Waals surface area contributed by atoms with E-state index in [1.807, 2.05) is 23.1 Å². The van der Waals surface area contributed by atoms with Crippen LogP contribution in [-0.4, -0.2) is 50.3 Å². The van der Waals surface area contributed by atoms with Gasteiger partial charge in [0.1, 0.15) is 5.75 Å². The molecule has 1 aliphatic heterocycles. The Bertz CT molecular complexity index is 710. The van der Waals surface area contributed by atoms with Crippen molar-refractivity contribution in [3.63, 3.8) is 0 Å². The van der Waals surface area contributed by atoms with Gasteiger partial charge in [0, 0.05) is 37.9 Å². The first-order valence-electron chi connectivity index (χ1n) is 9.64. The summed E-state index contributed by atoms with van der Waals surface area (Å²) in [5.41, 5.74) is 2.48. The lowest BCUT2D eigenvalue weighted by atomic mass is 10.1. The lowest BCUT2D eigenvalue weighted by molar-refractivity contribution is 0.190. The normalized spacial score (nSPS) is 15.3. The smallest absolute Gasteiger partial charge is 0.317 e. The largest absolute Gasteiger partial charge is 0.497 e. The van der Waals surface area contributed by atoms with E-state index in [2.05, 4.69) is 53.5 Å². The van der Waals surface area contributed by atoms with Gasteiger partial charge in [-0.15, -0.1) is 0 Å². The summed E-state index contributed by atoms with van der Waals surface area (Å²) in [7, 11) is 1.67. The molecule has 0 radical (unpaired) electrons. The van der Waals surface area contributed by atoms with E-state index in [0.29, 0.717) is 0 Å². The fourth-order valence-electron chi connectivity index (χ4n) is 3.36. The Morgan fingerprint density at radius 2 is 1.70 bits per heavy atom. The topological polar surface area (TPSA) is 44.8 Å². The number of benzene rings is 2. The first-order valence-corrected chi connectivity index (χ1v) is 9.64. The molecule has 1 unspecified atom stereocenters. The summed E-state index contributed by atoms with van der Waals surface area (Å²) in [5.74, 6) is 0.870. The first-order chi connectivity index (χ1) is 13.2. The Balaban J connectivity index is 1.40. The molecule has 1 atom stereocenters. The van der Waals surface area contributed by atoms with E-state index < -0.39 is 0 Å². The van der Waals surface area contributed by atoms with Crippen molar-refractivity contribution < 1.29 is 9.53 Å². The number of piperazine rings is 1. The summed E-state index contributed by atoms with van der Waals surface area (Å²) in [4.78, 5) is 16.8. The van der Waals surface area contributed by atoms with Gasteiger partial charge < -0.3 is 19.9 Å². The molecule has 1 saturated heterocycles. The minimum absolute atomic E-state index is 0.0462. The Morgan fingerprint density at radius 3 is 2.33 bits per heavy atom. The van der Waals surface area contributed by atoms with E-state index in [-0.39, 0.29) is 12.1 Å². The molecule has 1 N–H and O–H groups in total. The standard InChI is InChI=1S/C22H29N3O2/c1-18(8-9-19-10-12-21(27-2)13-11-19)23-22(26)25-16-14-24(15-17-25)20-6-4-3-5-7-20/h3-7,10-13,18H,8-9,14-17H2,1-2H3,(H,23,26). The number of urea groups is 1. The van der Waals surface area contributed by atoms with Crippen molar-refractivity contribution in [3.05, 3.63) is 60.2 Å². The van der Waals surface area contributed by atoms with Gasteiger partial charge in [-0.2, -0.15) is 0 Å². The molecular weight excluding hydrogens is 338 g/mol. The van der Waals surface area contributed by atoms with Gasteiger partial charge in [0.05, 0.1) is 7.11 Å². The van der Waals surface area contributed by atoms with Crippen LogP contribution in [0.3, 0.4) is 0 Å². The Hall–Kier alpha value is -2.69. The number of para-hydroxylation sites is 1. The molecule has 3 rings (SSSR count). The predicted octanol–water partition coefficient (Wildman–Crippen LogP) is 3.55. The fraction of sp³-hybridized carbons (Fsp3) is 0.409. The summed E-state index contributed by atoms with van der Waals surface area (Å²) in [6.07, 6.45) is 1.86. The molecule has 1 heterocycles. The molecule has 1 aliphatic rings. The molecule has 5 nitrogen and oxygen atoms in total. The molecule has 0 spiro atoms. The monoisotopic (exact) mass is 367 g/mol. The minimum atomic E-state index is 0.0462. The fourth-order valence-corrected chi connectivity index (χ4v) is 3.36. The average molecular weight is 367 g/mol. The number of rotatable bonds is 6. The highest BCUT2D eigenvalue weighted by atomic mass is 16.5. The lowest BCUT2D eigenvalue weighted by Crippen LogP contribution is -2.53. The molecule has 2 aromatic rings. The van der Waals surface area contributed by atoms with E-state index >= 15 is 0 Å². The van der Waals surface area contributed by atoms with Crippen LogP contribution < -0.4 is 15.0 Å². The first kappa shape index (κ1) is 19.1. The van der Waals surface area contributed by atoms with Crippen LogP contribution >= 0.6 is 0 Å². The zero-order chi connectivity index (χ0) is 19.1. The summed E-state index contributed by atoms with van der Waals surface area (Å²) in [5, 5.41) is 3.14. The second-order valence-corrected chi connectivity index (χ2v) is 7.05. The zero-order valence-electron chi connectivity index (χ0n) is 16.2. The van der Waals surface area contributed by atoms with Gasteiger partial charge in [-0.3, -0.25) is 0 Å². The van der Waals surface area contributed by atoms with Crippen molar-refractivity contribution in [2.75, 3.05) is 38.2 Å². The molecule has 27 heavy (non-hydrogen) atoms. The summed E-state index contributed by atoms with van der Waals surface area (Å²) < 4.78 is 5.18. The number of amides is 2. The highest BCUT2D eigenvalue weighted by molar-refractivity contribution is 5.74. The Labute approximate surface area is 161 Å². The van der Waals surface area contributed by atoms with Crippen molar-refractivity contribution >= 4 is 11.7 Å². The molecule has 2 aromatic carbocycles. The van der Waals surface area contributed by atoms with Crippen LogP contribution in [0.5, 0.6) is 5.75 Å². The molecule has 0 saturated carbocycles. The zero-order valence-corrected chi connectivity index (χ0v) is 16.2. The number of hydrogen-bond donors (Lipinski definition) is 1. The average Bonchev–Trinajstić information content (AvgIpc) is 2.73. The van der Waals surface area contributed by atoms with Crippen molar-refractivity contribution in [1.29, 1.82) is 0 Å². The van der Waals surface area contributed by atoms with Crippen molar-refractivity contribution in [2.45, 2.75) is 25.8 Å². The van der Waals surface area contributed by atoms with Crippen molar-refractivity contribution in [2.24, 2.45) is 0 Å². The number of anilines is 1. The number of nitrogens with one attached hydrogen (secondary N) is 1. The number of carbonyl (C=O) groups is 1. The van der Waals surface area contributed by atoms with Crippen LogP contribution in [0, 0.1) is 0 Å². The van der Waals surface area contributed by atoms with E-state index in [9.17, 15) is 4.79 Å². The van der Waals surface area contributed by atoms with Gasteiger partial charge in [-0.1, -0.05) is 30.3 Å². The lowest BCUT2D eigenvalue weighted by Gasteiger charge is -2.36. The molecule has 1 fully saturated rings. The maximum absolute atomic E-state index is 12.5. The molecular formula is C22H29N3O2. The predicted molar refractivity (Wildman–Crippen MR) is 110 cm³/mol. The van der Waals surface area contributed by atoms with E-state index in [4.69, 9.17) is 4.74 Å². The van der Waals surface area contributed by atoms with Gasteiger partial charge >= 0.3 is 6.03 Å². The number of carbonyl (C=O) groups excluding carboxylic acids is 1. The van der Waals surface area contributed by atoms with E-state index in [0.717, 1.165) is 44.8 Å². The number of nitrogens with zero attached hydrogens (tertiary/aromatic N) is 2. The highest BCUT2D eigenvalue weighted by Crippen LogP contribution is 2.16. The molecule has 0 aliphatic carbocycles. The van der Waals surface area contributed by atoms with Crippen molar-refractivity contribution in [3.8, 4) is 5.75 Å². The van der Waals surface area contributed by atoms with Crippen LogP contribution in [0.15, 0.2) is 54.6 Å². The number of aryl methyl sites for hydroxylation is 1. The highest BCUT2D eigenvalue weighted by Gasteiger charge is 2.22. The minimum Gasteiger partial charge on any atom is -0.497 e. The molecule has 0 aromatic heterocycles. The molecule has 2 amide bonds. The third-order valence-corrected chi connectivity index (χ3v) is 5.08.